The molecule has 0 amide bonds. The standard InChI is InChI=1S/C25H24N2O6S/c1-4-32-18-8-12-22-20(14-18)21(27-17-6-9-19(10-7-17)34(26,28)29)15-24(33-22)16-5-11-23(30-2)25(13-16)31-3/h5-15H,4H2,1-3H3,(H2,26,28,29). The zero-order chi connectivity index (χ0) is 24.3. The van der Waals surface area contributed by atoms with Gasteiger partial charge in [0.15, 0.2) is 11.5 Å². The minimum absolute atomic E-state index is 0.0176. The van der Waals surface area contributed by atoms with Crippen LogP contribution in [0.25, 0.3) is 22.3 Å². The highest BCUT2D eigenvalue weighted by molar-refractivity contribution is 7.89. The predicted molar refractivity (Wildman–Crippen MR) is 129 cm³/mol. The molecule has 9 heteroatoms. The summed E-state index contributed by atoms with van der Waals surface area (Å²) in [5.41, 5.74) is 1.94. The van der Waals surface area contributed by atoms with Gasteiger partial charge >= 0.3 is 0 Å². The fourth-order valence-electron chi connectivity index (χ4n) is 3.48. The van der Waals surface area contributed by atoms with Gasteiger partial charge in [-0.3, -0.25) is 0 Å². The van der Waals surface area contributed by atoms with Gasteiger partial charge in [0, 0.05) is 17.0 Å². The fourth-order valence-corrected chi connectivity index (χ4v) is 3.99. The van der Waals surface area contributed by atoms with Crippen LogP contribution in [0.15, 0.2) is 81.0 Å². The van der Waals surface area contributed by atoms with E-state index in [0.717, 1.165) is 10.9 Å². The van der Waals surface area contributed by atoms with Gasteiger partial charge in [-0.25, -0.2) is 18.5 Å². The van der Waals surface area contributed by atoms with E-state index in [4.69, 9.17) is 28.8 Å². The molecule has 4 rings (SSSR count). The second-order valence-corrected chi connectivity index (χ2v) is 8.87. The Bertz CT molecular complexity index is 1510. The summed E-state index contributed by atoms with van der Waals surface area (Å²) in [6, 6.07) is 18.9. The predicted octanol–water partition coefficient (Wildman–Crippen LogP) is 4.40. The summed E-state index contributed by atoms with van der Waals surface area (Å²) < 4.78 is 45.7. The molecule has 0 aliphatic carbocycles. The maximum absolute atomic E-state index is 11.6. The van der Waals surface area contributed by atoms with E-state index < -0.39 is 10.0 Å². The highest BCUT2D eigenvalue weighted by atomic mass is 32.2. The molecule has 2 N–H and O–H groups in total. The molecule has 0 aliphatic rings. The third kappa shape index (κ3) is 4.90. The van der Waals surface area contributed by atoms with Crippen molar-refractivity contribution in [1.82, 2.24) is 0 Å². The molecule has 3 aromatic carbocycles. The van der Waals surface area contributed by atoms with Crippen molar-refractivity contribution in [2.45, 2.75) is 11.8 Å². The summed E-state index contributed by atoms with van der Waals surface area (Å²) in [6.45, 7) is 2.43. The van der Waals surface area contributed by atoms with E-state index in [-0.39, 0.29) is 4.90 Å². The van der Waals surface area contributed by atoms with Crippen LogP contribution in [-0.4, -0.2) is 29.2 Å². The first kappa shape index (κ1) is 23.3. The van der Waals surface area contributed by atoms with Gasteiger partial charge in [0.25, 0.3) is 0 Å². The van der Waals surface area contributed by atoms with Gasteiger partial charge in [-0.2, -0.15) is 0 Å². The van der Waals surface area contributed by atoms with E-state index in [2.05, 4.69) is 0 Å². The maximum Gasteiger partial charge on any atom is 0.238 e. The number of nitrogens with two attached hydrogens (primary N) is 1. The van der Waals surface area contributed by atoms with Gasteiger partial charge < -0.3 is 18.6 Å². The molecular formula is C25H24N2O6S. The maximum atomic E-state index is 11.6. The van der Waals surface area contributed by atoms with Crippen molar-refractivity contribution < 1.29 is 27.0 Å². The van der Waals surface area contributed by atoms with Gasteiger partial charge in [-0.15, -0.1) is 0 Å². The SMILES string of the molecule is CCOc1ccc2oc(-c3ccc(OC)c(OC)c3)cc(=Nc3ccc(S(N)(=O)=O)cc3)c2c1. The van der Waals surface area contributed by atoms with Crippen LogP contribution in [0.5, 0.6) is 17.2 Å². The van der Waals surface area contributed by atoms with Crippen molar-refractivity contribution in [3.63, 3.8) is 0 Å². The summed E-state index contributed by atoms with van der Waals surface area (Å²) in [5.74, 6) is 2.43. The molecule has 0 aliphatic heterocycles. The molecule has 0 radical (unpaired) electrons. The topological polar surface area (TPSA) is 113 Å². The first-order valence-corrected chi connectivity index (χ1v) is 12.0. The number of hydrogen-bond acceptors (Lipinski definition) is 7. The average molecular weight is 481 g/mol. The number of primary sulfonamides is 1. The minimum Gasteiger partial charge on any atom is -0.494 e. The molecule has 0 saturated carbocycles. The molecule has 176 valence electrons. The zero-order valence-electron chi connectivity index (χ0n) is 18.9. The second-order valence-electron chi connectivity index (χ2n) is 7.31. The third-order valence-electron chi connectivity index (χ3n) is 5.11. The van der Waals surface area contributed by atoms with Crippen LogP contribution in [-0.2, 0) is 10.0 Å². The quantitative estimate of drug-likeness (QED) is 0.420. The van der Waals surface area contributed by atoms with E-state index >= 15 is 0 Å². The lowest BCUT2D eigenvalue weighted by Crippen LogP contribution is -2.11. The van der Waals surface area contributed by atoms with Gasteiger partial charge in [0.05, 0.1) is 36.8 Å². The lowest BCUT2D eigenvalue weighted by Gasteiger charge is -2.11. The molecule has 1 aromatic heterocycles. The Morgan fingerprint density at radius 1 is 0.912 bits per heavy atom. The normalized spacial score (nSPS) is 12.1. The monoisotopic (exact) mass is 480 g/mol. The molecule has 0 bridgehead atoms. The molecule has 0 unspecified atom stereocenters. The molecule has 34 heavy (non-hydrogen) atoms. The van der Waals surface area contributed by atoms with Crippen LogP contribution in [0.1, 0.15) is 6.92 Å². The van der Waals surface area contributed by atoms with Crippen LogP contribution in [0.2, 0.25) is 0 Å². The van der Waals surface area contributed by atoms with Crippen LogP contribution < -0.4 is 24.7 Å². The van der Waals surface area contributed by atoms with Crippen molar-refractivity contribution in [3.05, 3.63) is 72.1 Å². The average Bonchev–Trinajstić information content (AvgIpc) is 2.83. The summed E-state index contributed by atoms with van der Waals surface area (Å²) in [4.78, 5) is 4.77. The first-order chi connectivity index (χ1) is 16.3. The number of nitrogens with zero attached hydrogens (tertiary/aromatic N) is 1. The third-order valence-corrected chi connectivity index (χ3v) is 6.04. The number of methoxy groups -OCH3 is 2. The molecule has 0 atom stereocenters. The van der Waals surface area contributed by atoms with E-state index in [1.165, 1.54) is 12.1 Å². The van der Waals surface area contributed by atoms with Gasteiger partial charge in [-0.05, 0) is 67.6 Å². The van der Waals surface area contributed by atoms with Crippen LogP contribution in [0.3, 0.4) is 0 Å². The molecule has 0 saturated heterocycles. The van der Waals surface area contributed by atoms with Crippen LogP contribution >= 0.6 is 0 Å². The Balaban J connectivity index is 1.92. The molecule has 0 fully saturated rings. The van der Waals surface area contributed by atoms with E-state index in [9.17, 15) is 8.42 Å². The number of benzene rings is 3. The molecule has 1 heterocycles. The van der Waals surface area contributed by atoms with E-state index in [1.54, 1.807) is 32.4 Å². The highest BCUT2D eigenvalue weighted by Gasteiger charge is 2.12. The molecule has 4 aromatic rings. The second kappa shape index (κ2) is 9.58. The Hall–Kier alpha value is -3.82. The highest BCUT2D eigenvalue weighted by Crippen LogP contribution is 2.33. The number of ether oxygens (including phenoxy) is 3. The number of hydrogen-bond donors (Lipinski definition) is 1. The number of rotatable bonds is 7. The minimum atomic E-state index is -3.79. The summed E-state index contributed by atoms with van der Waals surface area (Å²) in [7, 11) is -0.644. The Morgan fingerprint density at radius 3 is 2.29 bits per heavy atom. The van der Waals surface area contributed by atoms with Crippen molar-refractivity contribution in [3.8, 4) is 28.6 Å². The van der Waals surface area contributed by atoms with Gasteiger partial charge in [-0.1, -0.05) is 0 Å². The van der Waals surface area contributed by atoms with Crippen molar-refractivity contribution in [1.29, 1.82) is 0 Å². The van der Waals surface area contributed by atoms with E-state index in [0.29, 0.717) is 46.2 Å². The molecule has 8 nitrogen and oxygen atoms in total. The fraction of sp³-hybridized carbons (Fsp3) is 0.160. The Labute approximate surface area is 197 Å². The van der Waals surface area contributed by atoms with Crippen LogP contribution in [0, 0.1) is 0 Å². The van der Waals surface area contributed by atoms with Crippen molar-refractivity contribution in [2.24, 2.45) is 10.1 Å². The zero-order valence-corrected chi connectivity index (χ0v) is 19.8. The van der Waals surface area contributed by atoms with Crippen molar-refractivity contribution in [2.75, 3.05) is 20.8 Å². The first-order valence-electron chi connectivity index (χ1n) is 10.4. The summed E-state index contributed by atoms with van der Waals surface area (Å²) in [5, 5.41) is 6.57. The smallest absolute Gasteiger partial charge is 0.238 e. The lowest BCUT2D eigenvalue weighted by molar-refractivity contribution is 0.340. The van der Waals surface area contributed by atoms with Gasteiger partial charge in [0.1, 0.15) is 17.1 Å². The molecule has 0 spiro atoms. The largest absolute Gasteiger partial charge is 0.494 e. The van der Waals surface area contributed by atoms with Crippen molar-refractivity contribution >= 4 is 26.7 Å². The number of fused-ring (bicyclic) bond motifs is 1. The Kier molecular flexibility index (Phi) is 6.58. The Morgan fingerprint density at radius 2 is 1.65 bits per heavy atom. The lowest BCUT2D eigenvalue weighted by atomic mass is 10.1. The van der Waals surface area contributed by atoms with Crippen LogP contribution in [0.4, 0.5) is 5.69 Å². The molecular weight excluding hydrogens is 456 g/mol. The number of sulfonamides is 1. The van der Waals surface area contributed by atoms with E-state index in [1.807, 2.05) is 43.3 Å². The summed E-state index contributed by atoms with van der Waals surface area (Å²) in [6.07, 6.45) is 0. The summed E-state index contributed by atoms with van der Waals surface area (Å²) >= 11 is 0. The van der Waals surface area contributed by atoms with Gasteiger partial charge in [0.2, 0.25) is 10.0 Å².